The molecule has 0 spiro atoms. The number of carbonyl (C=O) groups excluding carboxylic acids is 2. The van der Waals surface area contributed by atoms with Crippen LogP contribution < -0.4 is 0 Å². The van der Waals surface area contributed by atoms with Gasteiger partial charge in [0.05, 0.1) is 0 Å². The van der Waals surface area contributed by atoms with Crippen molar-refractivity contribution in [1.29, 1.82) is 0 Å². The Morgan fingerprint density at radius 1 is 1.23 bits per heavy atom. The summed E-state index contributed by atoms with van der Waals surface area (Å²) in [7, 11) is 0. The molecule has 0 saturated heterocycles. The van der Waals surface area contributed by atoms with Crippen LogP contribution >= 0.6 is 0 Å². The molecule has 0 fully saturated rings. The van der Waals surface area contributed by atoms with Crippen LogP contribution in [0.25, 0.3) is 0 Å². The van der Waals surface area contributed by atoms with Crippen molar-refractivity contribution in [2.75, 3.05) is 0 Å². The van der Waals surface area contributed by atoms with Gasteiger partial charge in [0.1, 0.15) is 12.1 Å². The van der Waals surface area contributed by atoms with Gasteiger partial charge in [0.15, 0.2) is 0 Å². The summed E-state index contributed by atoms with van der Waals surface area (Å²) < 4.78 is 0. The summed E-state index contributed by atoms with van der Waals surface area (Å²) in [5.74, 6) is 0.824. The van der Waals surface area contributed by atoms with Crippen molar-refractivity contribution in [3.63, 3.8) is 0 Å². The maximum absolute atomic E-state index is 11.5. The van der Waals surface area contributed by atoms with Crippen LogP contribution in [0.1, 0.15) is 40.5 Å². The van der Waals surface area contributed by atoms with Gasteiger partial charge in [-0.1, -0.05) is 27.7 Å². The zero-order chi connectivity index (χ0) is 10.4. The standard InChI is InChI=1S/C11H20O2/c1-8(2)10(4)11(13)6-5-9(3)7-12/h7-10H,5-6H2,1-4H3. The average Bonchev–Trinajstić information content (AvgIpc) is 2.11. The third-order valence-electron chi connectivity index (χ3n) is 2.59. The first-order chi connectivity index (χ1) is 5.99. The fourth-order valence-corrected chi connectivity index (χ4v) is 1.04. The van der Waals surface area contributed by atoms with Crippen LogP contribution in [0.15, 0.2) is 0 Å². The molecule has 0 aromatic carbocycles. The smallest absolute Gasteiger partial charge is 0.135 e. The van der Waals surface area contributed by atoms with Crippen molar-refractivity contribution >= 4 is 12.1 Å². The quantitative estimate of drug-likeness (QED) is 0.594. The van der Waals surface area contributed by atoms with Gasteiger partial charge < -0.3 is 4.79 Å². The fourth-order valence-electron chi connectivity index (χ4n) is 1.04. The average molecular weight is 184 g/mol. The van der Waals surface area contributed by atoms with Crippen molar-refractivity contribution in [3.8, 4) is 0 Å². The predicted molar refractivity (Wildman–Crippen MR) is 53.5 cm³/mol. The van der Waals surface area contributed by atoms with Gasteiger partial charge >= 0.3 is 0 Å². The van der Waals surface area contributed by atoms with Gasteiger partial charge in [-0.05, 0) is 12.3 Å². The molecule has 0 rings (SSSR count). The zero-order valence-corrected chi connectivity index (χ0v) is 9.04. The number of carbonyl (C=O) groups is 2. The summed E-state index contributed by atoms with van der Waals surface area (Å²) in [6.07, 6.45) is 2.14. The molecule has 0 aromatic heterocycles. The molecule has 0 bridgehead atoms. The van der Waals surface area contributed by atoms with E-state index in [1.165, 1.54) is 0 Å². The Morgan fingerprint density at radius 3 is 2.15 bits per heavy atom. The predicted octanol–water partition coefficient (Wildman–Crippen LogP) is 2.46. The Bertz CT molecular complexity index is 173. The van der Waals surface area contributed by atoms with Gasteiger partial charge in [-0.3, -0.25) is 4.79 Å². The van der Waals surface area contributed by atoms with Gasteiger partial charge in [0, 0.05) is 18.3 Å². The molecule has 0 aromatic rings. The molecule has 2 unspecified atom stereocenters. The van der Waals surface area contributed by atoms with Gasteiger partial charge in [0.25, 0.3) is 0 Å². The number of aldehydes is 1. The Labute approximate surface area is 80.7 Å². The highest BCUT2D eigenvalue weighted by molar-refractivity contribution is 5.81. The lowest BCUT2D eigenvalue weighted by Gasteiger charge is -2.14. The van der Waals surface area contributed by atoms with Crippen molar-refractivity contribution < 1.29 is 9.59 Å². The summed E-state index contributed by atoms with van der Waals surface area (Å²) in [6.45, 7) is 7.90. The minimum atomic E-state index is 0.0170. The molecule has 76 valence electrons. The molecule has 0 amide bonds. The topological polar surface area (TPSA) is 34.1 Å². The second-order valence-electron chi connectivity index (χ2n) is 4.15. The molecular weight excluding hydrogens is 164 g/mol. The summed E-state index contributed by atoms with van der Waals surface area (Å²) in [4.78, 5) is 21.8. The van der Waals surface area contributed by atoms with Gasteiger partial charge in [-0.15, -0.1) is 0 Å². The highest BCUT2D eigenvalue weighted by Crippen LogP contribution is 2.15. The Hall–Kier alpha value is -0.660. The SMILES string of the molecule is CC(C=O)CCC(=O)C(C)C(C)C. The number of rotatable bonds is 6. The van der Waals surface area contributed by atoms with Crippen molar-refractivity contribution in [1.82, 2.24) is 0 Å². The summed E-state index contributed by atoms with van der Waals surface area (Å²) in [5.41, 5.74) is 0. The zero-order valence-electron chi connectivity index (χ0n) is 9.04. The molecule has 0 radical (unpaired) electrons. The van der Waals surface area contributed by atoms with Crippen LogP contribution in [0.2, 0.25) is 0 Å². The number of ketones is 1. The number of Topliss-reactive ketones (excluding diaryl/α,β-unsaturated/α-hetero) is 1. The normalized spacial score (nSPS) is 15.5. The van der Waals surface area contributed by atoms with Crippen molar-refractivity contribution in [2.45, 2.75) is 40.5 Å². The molecule has 0 aliphatic heterocycles. The lowest BCUT2D eigenvalue weighted by atomic mass is 9.90. The molecule has 13 heavy (non-hydrogen) atoms. The van der Waals surface area contributed by atoms with Crippen LogP contribution in [-0.2, 0) is 9.59 Å². The maximum atomic E-state index is 11.5. The molecule has 0 aliphatic rings. The molecule has 2 atom stereocenters. The van der Waals surface area contributed by atoms with Gasteiger partial charge in [-0.25, -0.2) is 0 Å². The molecule has 0 N–H and O–H groups in total. The van der Waals surface area contributed by atoms with E-state index in [-0.39, 0.29) is 17.6 Å². The summed E-state index contributed by atoms with van der Waals surface area (Å²) in [5, 5.41) is 0. The van der Waals surface area contributed by atoms with Gasteiger partial charge in [-0.2, -0.15) is 0 Å². The second kappa shape index (κ2) is 5.90. The molecule has 0 aliphatic carbocycles. The molecular formula is C11H20O2. The van der Waals surface area contributed by atoms with Gasteiger partial charge in [0.2, 0.25) is 0 Å². The van der Waals surface area contributed by atoms with E-state index in [4.69, 9.17) is 0 Å². The monoisotopic (exact) mass is 184 g/mol. The summed E-state index contributed by atoms with van der Waals surface area (Å²) >= 11 is 0. The van der Waals surface area contributed by atoms with E-state index in [9.17, 15) is 9.59 Å². The Kier molecular flexibility index (Phi) is 5.60. The first-order valence-electron chi connectivity index (χ1n) is 4.97. The second-order valence-corrected chi connectivity index (χ2v) is 4.15. The van der Waals surface area contributed by atoms with Crippen LogP contribution in [0, 0.1) is 17.8 Å². The van der Waals surface area contributed by atoms with E-state index >= 15 is 0 Å². The minimum absolute atomic E-state index is 0.0170. The van der Waals surface area contributed by atoms with Crippen LogP contribution in [0.5, 0.6) is 0 Å². The van der Waals surface area contributed by atoms with E-state index in [2.05, 4.69) is 0 Å². The van der Waals surface area contributed by atoms with Crippen LogP contribution in [0.3, 0.4) is 0 Å². The highest BCUT2D eigenvalue weighted by Gasteiger charge is 2.16. The molecule has 2 nitrogen and oxygen atoms in total. The number of hydrogen-bond donors (Lipinski definition) is 0. The highest BCUT2D eigenvalue weighted by atomic mass is 16.1. The Balaban J connectivity index is 3.80. The maximum Gasteiger partial charge on any atom is 0.135 e. The van der Waals surface area contributed by atoms with E-state index in [0.717, 1.165) is 6.29 Å². The van der Waals surface area contributed by atoms with Crippen LogP contribution in [0.4, 0.5) is 0 Å². The first kappa shape index (κ1) is 12.3. The molecule has 0 saturated carbocycles. The third-order valence-corrected chi connectivity index (χ3v) is 2.59. The van der Waals surface area contributed by atoms with Crippen LogP contribution in [-0.4, -0.2) is 12.1 Å². The van der Waals surface area contributed by atoms with E-state index in [0.29, 0.717) is 18.8 Å². The van der Waals surface area contributed by atoms with Crippen molar-refractivity contribution in [2.24, 2.45) is 17.8 Å². The molecule has 0 heterocycles. The third kappa shape index (κ3) is 4.81. The van der Waals surface area contributed by atoms with E-state index in [1.54, 1.807) is 0 Å². The lowest BCUT2D eigenvalue weighted by Crippen LogP contribution is -2.17. The Morgan fingerprint density at radius 2 is 1.77 bits per heavy atom. The minimum Gasteiger partial charge on any atom is -0.303 e. The molecule has 2 heteroatoms. The largest absolute Gasteiger partial charge is 0.303 e. The first-order valence-corrected chi connectivity index (χ1v) is 4.97. The lowest BCUT2D eigenvalue weighted by molar-refractivity contribution is -0.123. The summed E-state index contributed by atoms with van der Waals surface area (Å²) in [6, 6.07) is 0. The fraction of sp³-hybridized carbons (Fsp3) is 0.818. The van der Waals surface area contributed by atoms with E-state index < -0.39 is 0 Å². The van der Waals surface area contributed by atoms with Crippen molar-refractivity contribution in [3.05, 3.63) is 0 Å². The van der Waals surface area contributed by atoms with E-state index in [1.807, 2.05) is 27.7 Å². The number of hydrogen-bond acceptors (Lipinski definition) is 2.